The Balaban J connectivity index is 1.89. The van der Waals surface area contributed by atoms with Gasteiger partial charge in [0.25, 0.3) is 11.8 Å². The molecule has 2 N–H and O–H groups in total. The first-order valence-electron chi connectivity index (χ1n) is 8.08. The highest BCUT2D eigenvalue weighted by atomic mass is 16.5. The molecule has 0 unspecified atom stereocenters. The van der Waals surface area contributed by atoms with Crippen molar-refractivity contribution in [3.63, 3.8) is 0 Å². The van der Waals surface area contributed by atoms with Crippen molar-refractivity contribution >= 4 is 17.8 Å². The first-order chi connectivity index (χ1) is 12.2. The van der Waals surface area contributed by atoms with Crippen LogP contribution in [0.25, 0.3) is 0 Å². The standard InChI is InChI=1S/C20H21NO5/c1-20(2,3)15-9-7-13(8-10-15)18(24)21-17(23)12-26-19(25)14-5-4-6-16(22)11-14/h4-11,22H,12H2,1-3H3,(H,21,23,24). The van der Waals surface area contributed by atoms with Crippen LogP contribution in [0.1, 0.15) is 47.1 Å². The van der Waals surface area contributed by atoms with Gasteiger partial charge in [-0.2, -0.15) is 0 Å². The molecule has 0 fully saturated rings. The molecule has 0 spiro atoms. The molecule has 0 saturated carbocycles. The molecular formula is C20H21NO5. The van der Waals surface area contributed by atoms with E-state index in [-0.39, 0.29) is 16.7 Å². The first-order valence-corrected chi connectivity index (χ1v) is 8.08. The number of phenols is 1. The average Bonchev–Trinajstić information content (AvgIpc) is 2.59. The minimum atomic E-state index is -0.766. The molecule has 0 aliphatic carbocycles. The number of hydrogen-bond acceptors (Lipinski definition) is 5. The van der Waals surface area contributed by atoms with E-state index in [2.05, 4.69) is 26.1 Å². The topological polar surface area (TPSA) is 92.7 Å². The molecule has 0 aromatic heterocycles. The van der Waals surface area contributed by atoms with E-state index in [4.69, 9.17) is 4.74 Å². The zero-order valence-electron chi connectivity index (χ0n) is 14.9. The number of ether oxygens (including phenoxy) is 1. The number of hydrogen-bond donors (Lipinski definition) is 2. The van der Waals surface area contributed by atoms with Crippen LogP contribution in [-0.4, -0.2) is 29.5 Å². The van der Waals surface area contributed by atoms with Gasteiger partial charge >= 0.3 is 5.97 Å². The number of nitrogens with one attached hydrogen (secondary N) is 1. The van der Waals surface area contributed by atoms with Crippen LogP contribution in [0.4, 0.5) is 0 Å². The van der Waals surface area contributed by atoms with Crippen LogP contribution < -0.4 is 5.32 Å². The number of aromatic hydroxyl groups is 1. The highest BCUT2D eigenvalue weighted by molar-refractivity contribution is 6.05. The summed E-state index contributed by atoms with van der Waals surface area (Å²) >= 11 is 0. The Labute approximate surface area is 151 Å². The Morgan fingerprint density at radius 2 is 1.65 bits per heavy atom. The van der Waals surface area contributed by atoms with Crippen molar-refractivity contribution in [1.29, 1.82) is 0 Å². The Hall–Kier alpha value is -3.15. The van der Waals surface area contributed by atoms with Gasteiger partial charge < -0.3 is 9.84 Å². The SMILES string of the molecule is CC(C)(C)c1ccc(C(=O)NC(=O)COC(=O)c2cccc(O)c2)cc1. The Kier molecular flexibility index (Phi) is 5.77. The number of esters is 1. The van der Waals surface area contributed by atoms with Crippen molar-refractivity contribution in [1.82, 2.24) is 5.32 Å². The van der Waals surface area contributed by atoms with Crippen molar-refractivity contribution in [2.75, 3.05) is 6.61 Å². The number of benzene rings is 2. The Morgan fingerprint density at radius 3 is 2.23 bits per heavy atom. The summed E-state index contributed by atoms with van der Waals surface area (Å²) < 4.78 is 4.83. The van der Waals surface area contributed by atoms with Crippen LogP contribution >= 0.6 is 0 Å². The second-order valence-electron chi connectivity index (χ2n) is 6.83. The van der Waals surface area contributed by atoms with E-state index in [0.717, 1.165) is 5.56 Å². The molecule has 0 bridgehead atoms. The van der Waals surface area contributed by atoms with Gasteiger partial charge in [0.1, 0.15) is 5.75 Å². The van der Waals surface area contributed by atoms with Crippen molar-refractivity contribution in [3.05, 3.63) is 65.2 Å². The Bertz CT molecular complexity index is 819. The lowest BCUT2D eigenvalue weighted by Gasteiger charge is -2.18. The molecule has 0 heterocycles. The van der Waals surface area contributed by atoms with Gasteiger partial charge in [-0.25, -0.2) is 4.79 Å². The molecule has 2 aromatic carbocycles. The zero-order valence-corrected chi connectivity index (χ0v) is 14.9. The summed E-state index contributed by atoms with van der Waals surface area (Å²) in [5, 5.41) is 11.5. The van der Waals surface area contributed by atoms with Crippen molar-refractivity contribution in [2.45, 2.75) is 26.2 Å². The first kappa shape index (κ1) is 19.2. The molecular weight excluding hydrogens is 334 g/mol. The van der Waals surface area contributed by atoms with Crippen LogP contribution in [0.5, 0.6) is 5.75 Å². The molecule has 0 saturated heterocycles. The minimum absolute atomic E-state index is 0.0368. The van der Waals surface area contributed by atoms with E-state index < -0.39 is 24.4 Å². The normalized spacial score (nSPS) is 10.9. The summed E-state index contributed by atoms with van der Waals surface area (Å²) in [6.45, 7) is 5.59. The third kappa shape index (κ3) is 5.17. The van der Waals surface area contributed by atoms with Gasteiger partial charge in [0.2, 0.25) is 0 Å². The summed E-state index contributed by atoms with van der Waals surface area (Å²) in [4.78, 5) is 35.7. The molecule has 2 amide bonds. The molecule has 6 heteroatoms. The van der Waals surface area contributed by atoms with Gasteiger partial charge in [-0.3, -0.25) is 14.9 Å². The Morgan fingerprint density at radius 1 is 1.00 bits per heavy atom. The molecule has 26 heavy (non-hydrogen) atoms. The summed E-state index contributed by atoms with van der Waals surface area (Å²) in [5.41, 5.74) is 1.48. The quantitative estimate of drug-likeness (QED) is 0.823. The number of amides is 2. The number of carbonyl (C=O) groups is 3. The summed E-state index contributed by atoms with van der Waals surface area (Å²) in [6, 6.07) is 12.5. The van der Waals surface area contributed by atoms with Crippen LogP contribution in [0.15, 0.2) is 48.5 Å². The molecule has 0 radical (unpaired) electrons. The lowest BCUT2D eigenvalue weighted by molar-refractivity contribution is -0.123. The van der Waals surface area contributed by atoms with Crippen LogP contribution in [0.2, 0.25) is 0 Å². The average molecular weight is 355 g/mol. The van der Waals surface area contributed by atoms with Gasteiger partial charge in [0, 0.05) is 5.56 Å². The van der Waals surface area contributed by atoms with E-state index in [0.29, 0.717) is 5.56 Å². The maximum absolute atomic E-state index is 12.1. The van der Waals surface area contributed by atoms with E-state index in [1.54, 1.807) is 12.1 Å². The molecule has 0 aliphatic rings. The molecule has 0 aliphatic heterocycles. The van der Waals surface area contributed by atoms with Crippen LogP contribution in [0, 0.1) is 0 Å². The monoisotopic (exact) mass is 355 g/mol. The number of carbonyl (C=O) groups excluding carboxylic acids is 3. The van der Waals surface area contributed by atoms with Gasteiger partial charge in [0.15, 0.2) is 6.61 Å². The third-order valence-corrected chi connectivity index (χ3v) is 3.68. The van der Waals surface area contributed by atoms with Crippen LogP contribution in [-0.2, 0) is 14.9 Å². The summed E-state index contributed by atoms with van der Waals surface area (Å²) in [5.74, 6) is -2.15. The fraction of sp³-hybridized carbons (Fsp3) is 0.250. The van der Waals surface area contributed by atoms with E-state index in [9.17, 15) is 19.5 Å². The maximum atomic E-state index is 12.1. The number of phenolic OH excluding ortho intramolecular Hbond substituents is 1. The molecule has 2 aromatic rings. The predicted molar refractivity (Wildman–Crippen MR) is 96.0 cm³/mol. The van der Waals surface area contributed by atoms with Crippen molar-refractivity contribution in [2.24, 2.45) is 0 Å². The number of imide groups is 1. The lowest BCUT2D eigenvalue weighted by atomic mass is 9.87. The molecule has 136 valence electrons. The van der Waals surface area contributed by atoms with E-state index in [1.165, 1.54) is 24.3 Å². The molecule has 0 atom stereocenters. The van der Waals surface area contributed by atoms with Gasteiger partial charge in [0.05, 0.1) is 5.56 Å². The lowest BCUT2D eigenvalue weighted by Crippen LogP contribution is -2.34. The predicted octanol–water partition coefficient (Wildman–Crippen LogP) is 2.80. The highest BCUT2D eigenvalue weighted by Gasteiger charge is 2.16. The van der Waals surface area contributed by atoms with E-state index >= 15 is 0 Å². The second kappa shape index (κ2) is 7.82. The third-order valence-electron chi connectivity index (χ3n) is 3.68. The van der Waals surface area contributed by atoms with Gasteiger partial charge in [-0.15, -0.1) is 0 Å². The second-order valence-corrected chi connectivity index (χ2v) is 6.83. The molecule has 6 nitrogen and oxygen atoms in total. The fourth-order valence-corrected chi connectivity index (χ4v) is 2.20. The van der Waals surface area contributed by atoms with Crippen molar-refractivity contribution in [3.8, 4) is 5.75 Å². The zero-order chi connectivity index (χ0) is 19.3. The van der Waals surface area contributed by atoms with Gasteiger partial charge in [-0.05, 0) is 41.3 Å². The van der Waals surface area contributed by atoms with E-state index in [1.807, 2.05) is 12.1 Å². The summed E-state index contributed by atoms with van der Waals surface area (Å²) in [7, 11) is 0. The highest BCUT2D eigenvalue weighted by Crippen LogP contribution is 2.22. The summed E-state index contributed by atoms with van der Waals surface area (Å²) in [6.07, 6.45) is 0. The van der Waals surface area contributed by atoms with Crippen molar-refractivity contribution < 1.29 is 24.2 Å². The fourth-order valence-electron chi connectivity index (χ4n) is 2.20. The smallest absolute Gasteiger partial charge is 0.338 e. The largest absolute Gasteiger partial charge is 0.508 e. The minimum Gasteiger partial charge on any atom is -0.508 e. The van der Waals surface area contributed by atoms with Gasteiger partial charge in [-0.1, -0.05) is 39.0 Å². The molecule has 2 rings (SSSR count). The maximum Gasteiger partial charge on any atom is 0.338 e. The number of rotatable bonds is 4. The van der Waals surface area contributed by atoms with Crippen LogP contribution in [0.3, 0.4) is 0 Å².